The van der Waals surface area contributed by atoms with Gasteiger partial charge in [-0.1, -0.05) is 25.1 Å². The Labute approximate surface area is 96.0 Å². The third kappa shape index (κ3) is 2.30. The van der Waals surface area contributed by atoms with Crippen LogP contribution in [-0.4, -0.2) is 28.4 Å². The Kier molecular flexibility index (Phi) is 3.24. The van der Waals surface area contributed by atoms with Gasteiger partial charge >= 0.3 is 0 Å². The van der Waals surface area contributed by atoms with E-state index in [0.717, 1.165) is 12.5 Å². The molecule has 15 heavy (non-hydrogen) atoms. The zero-order chi connectivity index (χ0) is 10.8. The molecule has 3 nitrogen and oxygen atoms in total. The van der Waals surface area contributed by atoms with E-state index in [4.69, 9.17) is 18.0 Å². The summed E-state index contributed by atoms with van der Waals surface area (Å²) in [6.45, 7) is 0.913. The molecule has 2 atom stereocenters. The molecule has 2 unspecified atom stereocenters. The molecule has 2 fully saturated rings. The highest BCUT2D eigenvalue weighted by atomic mass is 32.1. The van der Waals surface area contributed by atoms with E-state index in [0.29, 0.717) is 11.0 Å². The lowest BCUT2D eigenvalue weighted by Gasteiger charge is -2.31. The number of carbonyl (C=O) groups is 1. The van der Waals surface area contributed by atoms with Crippen LogP contribution in [0, 0.1) is 5.92 Å². The summed E-state index contributed by atoms with van der Waals surface area (Å²) in [6.07, 6.45) is 6.48. The molecule has 1 aliphatic heterocycles. The maximum absolute atomic E-state index is 11.9. The second-order valence-electron chi connectivity index (χ2n) is 4.63. The van der Waals surface area contributed by atoms with Crippen molar-refractivity contribution in [2.75, 3.05) is 6.54 Å². The fourth-order valence-corrected chi connectivity index (χ4v) is 3.09. The highest BCUT2D eigenvalue weighted by Crippen LogP contribution is 2.36. The Hall–Kier alpha value is -0.640. The largest absolute Gasteiger partial charge is 0.393 e. The van der Waals surface area contributed by atoms with Gasteiger partial charge in [-0.25, -0.2) is 0 Å². The Morgan fingerprint density at radius 3 is 2.80 bits per heavy atom. The van der Waals surface area contributed by atoms with Crippen molar-refractivity contribution in [1.29, 1.82) is 0 Å². The van der Waals surface area contributed by atoms with Crippen molar-refractivity contribution < 1.29 is 4.79 Å². The zero-order valence-electron chi connectivity index (χ0n) is 8.95. The van der Waals surface area contributed by atoms with E-state index >= 15 is 0 Å². The summed E-state index contributed by atoms with van der Waals surface area (Å²) in [7, 11) is 0. The number of hydrogen-bond acceptors (Lipinski definition) is 2. The van der Waals surface area contributed by atoms with Crippen LogP contribution in [0.4, 0.5) is 0 Å². The molecule has 1 heterocycles. The van der Waals surface area contributed by atoms with E-state index in [9.17, 15) is 4.79 Å². The van der Waals surface area contributed by atoms with Gasteiger partial charge in [0.1, 0.15) is 0 Å². The lowest BCUT2D eigenvalue weighted by Crippen LogP contribution is -2.40. The van der Waals surface area contributed by atoms with E-state index in [-0.39, 0.29) is 12.3 Å². The van der Waals surface area contributed by atoms with Gasteiger partial charge in [-0.3, -0.25) is 4.79 Å². The van der Waals surface area contributed by atoms with Crippen molar-refractivity contribution in [2.45, 2.75) is 44.6 Å². The minimum atomic E-state index is 0.136. The van der Waals surface area contributed by atoms with Gasteiger partial charge in [-0.15, -0.1) is 0 Å². The molecule has 0 aromatic heterocycles. The Morgan fingerprint density at radius 2 is 2.07 bits per heavy atom. The summed E-state index contributed by atoms with van der Waals surface area (Å²) in [5.74, 6) is 0.881. The smallest absolute Gasteiger partial charge is 0.229 e. The number of likely N-dealkylation sites (tertiary alicyclic amines) is 1. The van der Waals surface area contributed by atoms with E-state index in [1.165, 1.54) is 32.1 Å². The Bertz CT molecular complexity index is 280. The first kappa shape index (κ1) is 10.9. The molecule has 2 aliphatic rings. The molecule has 0 radical (unpaired) electrons. The summed E-state index contributed by atoms with van der Waals surface area (Å²) in [4.78, 5) is 14.2. The summed E-state index contributed by atoms with van der Waals surface area (Å²) < 4.78 is 0. The van der Waals surface area contributed by atoms with Crippen LogP contribution in [0.15, 0.2) is 0 Å². The molecule has 2 rings (SSSR count). The molecule has 1 amide bonds. The summed E-state index contributed by atoms with van der Waals surface area (Å²) in [5, 5.41) is 0. The van der Waals surface area contributed by atoms with Crippen LogP contribution >= 0.6 is 12.2 Å². The molecular weight excluding hydrogens is 208 g/mol. The van der Waals surface area contributed by atoms with Crippen molar-refractivity contribution >= 4 is 23.1 Å². The maximum Gasteiger partial charge on any atom is 0.229 e. The number of nitrogens with two attached hydrogens (primary N) is 1. The molecule has 1 saturated heterocycles. The Morgan fingerprint density at radius 1 is 1.33 bits per heavy atom. The lowest BCUT2D eigenvalue weighted by molar-refractivity contribution is -0.131. The molecular formula is C11H18N2OS. The van der Waals surface area contributed by atoms with Crippen LogP contribution in [0.5, 0.6) is 0 Å². The van der Waals surface area contributed by atoms with Crippen molar-refractivity contribution in [3.05, 3.63) is 0 Å². The summed E-state index contributed by atoms with van der Waals surface area (Å²) in [6, 6.07) is 0.487. The molecule has 1 aliphatic carbocycles. The van der Waals surface area contributed by atoms with Crippen LogP contribution in [0.25, 0.3) is 0 Å². The number of fused-ring (bicyclic) bond motifs is 1. The molecule has 84 valence electrons. The van der Waals surface area contributed by atoms with E-state index in [1.807, 2.05) is 4.90 Å². The first-order valence-electron chi connectivity index (χ1n) is 5.76. The number of carbonyl (C=O) groups excluding carboxylic acids is 1. The minimum Gasteiger partial charge on any atom is -0.393 e. The monoisotopic (exact) mass is 226 g/mol. The topological polar surface area (TPSA) is 46.3 Å². The minimum absolute atomic E-state index is 0.136. The van der Waals surface area contributed by atoms with E-state index in [1.54, 1.807) is 0 Å². The molecule has 2 N–H and O–H groups in total. The predicted octanol–water partition coefficient (Wildman–Crippen LogP) is 1.45. The first-order valence-corrected chi connectivity index (χ1v) is 6.17. The van der Waals surface area contributed by atoms with Gasteiger partial charge in [0, 0.05) is 12.6 Å². The third-order valence-electron chi connectivity index (χ3n) is 3.66. The van der Waals surface area contributed by atoms with Gasteiger partial charge in [-0.2, -0.15) is 0 Å². The van der Waals surface area contributed by atoms with Gasteiger partial charge in [0.25, 0.3) is 0 Å². The first-order chi connectivity index (χ1) is 7.18. The second kappa shape index (κ2) is 4.47. The van der Waals surface area contributed by atoms with Crippen molar-refractivity contribution in [3.63, 3.8) is 0 Å². The molecule has 0 spiro atoms. The fourth-order valence-electron chi connectivity index (χ4n) is 2.97. The average Bonchev–Trinajstić information content (AvgIpc) is 2.59. The number of rotatable bonds is 2. The number of amides is 1. The standard InChI is InChI=1S/C11H18N2OS/c12-10(15)7-11(14)13-6-5-8-3-1-2-4-9(8)13/h8-9H,1-7H2,(H2,12,15). The highest BCUT2D eigenvalue weighted by Gasteiger charge is 2.37. The average molecular weight is 226 g/mol. The van der Waals surface area contributed by atoms with Gasteiger partial charge < -0.3 is 10.6 Å². The van der Waals surface area contributed by atoms with Crippen molar-refractivity contribution in [1.82, 2.24) is 4.90 Å². The number of thiocarbonyl (C=S) groups is 1. The Balaban J connectivity index is 1.98. The molecule has 4 heteroatoms. The molecule has 1 saturated carbocycles. The predicted molar refractivity (Wildman–Crippen MR) is 63.5 cm³/mol. The third-order valence-corrected chi connectivity index (χ3v) is 3.80. The maximum atomic E-state index is 11.9. The molecule has 0 aromatic rings. The second-order valence-corrected chi connectivity index (χ2v) is 5.16. The number of hydrogen-bond donors (Lipinski definition) is 1. The van der Waals surface area contributed by atoms with Gasteiger partial charge in [0.05, 0.1) is 11.4 Å². The molecule has 0 bridgehead atoms. The highest BCUT2D eigenvalue weighted by molar-refractivity contribution is 7.80. The van der Waals surface area contributed by atoms with E-state index < -0.39 is 0 Å². The van der Waals surface area contributed by atoms with Crippen LogP contribution in [0.2, 0.25) is 0 Å². The lowest BCUT2D eigenvalue weighted by atomic mass is 9.85. The van der Waals surface area contributed by atoms with Crippen molar-refractivity contribution in [3.8, 4) is 0 Å². The van der Waals surface area contributed by atoms with Crippen LogP contribution in [-0.2, 0) is 4.79 Å². The van der Waals surface area contributed by atoms with Crippen LogP contribution in [0.3, 0.4) is 0 Å². The quantitative estimate of drug-likeness (QED) is 0.725. The molecule has 0 aromatic carbocycles. The number of nitrogens with zero attached hydrogens (tertiary/aromatic N) is 1. The zero-order valence-corrected chi connectivity index (χ0v) is 9.76. The summed E-state index contributed by atoms with van der Waals surface area (Å²) >= 11 is 4.78. The normalized spacial score (nSPS) is 30.0. The summed E-state index contributed by atoms with van der Waals surface area (Å²) in [5.41, 5.74) is 5.41. The van der Waals surface area contributed by atoms with Gasteiger partial charge in [0.15, 0.2) is 0 Å². The van der Waals surface area contributed by atoms with Crippen LogP contribution < -0.4 is 5.73 Å². The van der Waals surface area contributed by atoms with E-state index in [2.05, 4.69) is 0 Å². The van der Waals surface area contributed by atoms with Gasteiger partial charge in [0.2, 0.25) is 5.91 Å². The SMILES string of the molecule is NC(=S)CC(=O)N1CCC2CCCCC21. The van der Waals surface area contributed by atoms with Crippen molar-refractivity contribution in [2.24, 2.45) is 11.7 Å². The fraction of sp³-hybridized carbons (Fsp3) is 0.818. The van der Waals surface area contributed by atoms with Gasteiger partial charge in [-0.05, 0) is 25.2 Å². The van der Waals surface area contributed by atoms with Crippen LogP contribution in [0.1, 0.15) is 38.5 Å².